The number of hydrogen-bond acceptors (Lipinski definition) is 2. The molecular weight excluding hydrogens is 174 g/mol. The largest absolute Gasteiger partial charge is 0.384 e. The van der Waals surface area contributed by atoms with E-state index in [-0.39, 0.29) is 0 Å². The lowest BCUT2D eigenvalue weighted by molar-refractivity contribution is 0.637. The van der Waals surface area contributed by atoms with E-state index < -0.39 is 0 Å². The second-order valence-corrected chi connectivity index (χ2v) is 3.62. The second kappa shape index (κ2) is 5.03. The predicted molar refractivity (Wildman–Crippen MR) is 60.3 cm³/mol. The maximum Gasteiger partial charge on any atom is 0.126 e. The van der Waals surface area contributed by atoms with Crippen molar-refractivity contribution in [3.05, 3.63) is 11.5 Å². The Labute approximate surface area is 86.3 Å². The Morgan fingerprint density at radius 2 is 1.93 bits per heavy atom. The van der Waals surface area contributed by atoms with E-state index in [1.807, 2.05) is 0 Å². The third-order valence-corrected chi connectivity index (χ3v) is 2.42. The van der Waals surface area contributed by atoms with Crippen LogP contribution in [0.3, 0.4) is 0 Å². The molecule has 0 aliphatic rings. The van der Waals surface area contributed by atoms with Crippen molar-refractivity contribution in [2.75, 3.05) is 5.73 Å². The van der Waals surface area contributed by atoms with Crippen molar-refractivity contribution in [2.45, 2.75) is 53.0 Å². The molecule has 0 atom stereocenters. The third kappa shape index (κ3) is 2.08. The summed E-state index contributed by atoms with van der Waals surface area (Å²) in [6, 6.07) is 0. The molecule has 14 heavy (non-hydrogen) atoms. The van der Waals surface area contributed by atoms with Gasteiger partial charge in [-0.2, -0.15) is 0 Å². The van der Waals surface area contributed by atoms with Crippen molar-refractivity contribution < 1.29 is 0 Å². The summed E-state index contributed by atoms with van der Waals surface area (Å²) in [6.45, 7) is 7.44. The molecule has 80 valence electrons. The van der Waals surface area contributed by atoms with Gasteiger partial charge in [-0.25, -0.2) is 4.98 Å². The molecule has 0 unspecified atom stereocenters. The van der Waals surface area contributed by atoms with Crippen LogP contribution in [0.5, 0.6) is 0 Å². The minimum Gasteiger partial charge on any atom is -0.384 e. The van der Waals surface area contributed by atoms with Gasteiger partial charge in [-0.3, -0.25) is 0 Å². The summed E-state index contributed by atoms with van der Waals surface area (Å²) in [5.74, 6) is 2.03. The Morgan fingerprint density at radius 3 is 2.43 bits per heavy atom. The fraction of sp³-hybridized carbons (Fsp3) is 0.727. The van der Waals surface area contributed by atoms with Crippen LogP contribution in [0, 0.1) is 0 Å². The van der Waals surface area contributed by atoms with E-state index in [1.165, 1.54) is 0 Å². The van der Waals surface area contributed by atoms with Gasteiger partial charge < -0.3 is 10.3 Å². The number of imidazole rings is 1. The van der Waals surface area contributed by atoms with Gasteiger partial charge in [0.1, 0.15) is 11.6 Å². The average Bonchev–Trinajstić information content (AvgIpc) is 2.47. The monoisotopic (exact) mass is 195 g/mol. The van der Waals surface area contributed by atoms with Crippen LogP contribution in [0.25, 0.3) is 0 Å². The van der Waals surface area contributed by atoms with Gasteiger partial charge in [0.15, 0.2) is 0 Å². The van der Waals surface area contributed by atoms with Gasteiger partial charge in [0.2, 0.25) is 0 Å². The van der Waals surface area contributed by atoms with Crippen molar-refractivity contribution in [2.24, 2.45) is 0 Å². The first kappa shape index (κ1) is 11.1. The quantitative estimate of drug-likeness (QED) is 0.784. The van der Waals surface area contributed by atoms with Crippen LogP contribution in [0.15, 0.2) is 0 Å². The third-order valence-electron chi connectivity index (χ3n) is 2.42. The van der Waals surface area contributed by atoms with E-state index in [0.29, 0.717) is 0 Å². The average molecular weight is 195 g/mol. The molecule has 1 aromatic rings. The summed E-state index contributed by atoms with van der Waals surface area (Å²) in [4.78, 5) is 4.57. The maximum absolute atomic E-state index is 6.03. The van der Waals surface area contributed by atoms with Gasteiger partial charge in [-0.15, -0.1) is 0 Å². The highest BCUT2D eigenvalue weighted by Crippen LogP contribution is 2.16. The highest BCUT2D eigenvalue weighted by atomic mass is 15.1. The van der Waals surface area contributed by atoms with Crippen LogP contribution < -0.4 is 5.73 Å². The first-order valence-corrected chi connectivity index (χ1v) is 5.58. The van der Waals surface area contributed by atoms with Gasteiger partial charge in [-0.1, -0.05) is 20.8 Å². The smallest absolute Gasteiger partial charge is 0.126 e. The van der Waals surface area contributed by atoms with E-state index in [4.69, 9.17) is 5.73 Å². The summed E-state index contributed by atoms with van der Waals surface area (Å²) in [5.41, 5.74) is 7.09. The van der Waals surface area contributed by atoms with Crippen molar-refractivity contribution in [3.8, 4) is 0 Å². The number of nitrogen functional groups attached to an aromatic ring is 1. The number of aryl methyl sites for hydroxylation is 2. The number of nitrogens with two attached hydrogens (primary N) is 1. The molecular formula is C11H21N3. The van der Waals surface area contributed by atoms with Crippen LogP contribution in [0.4, 0.5) is 5.82 Å². The van der Waals surface area contributed by atoms with Gasteiger partial charge in [0.05, 0.1) is 5.69 Å². The molecule has 3 heteroatoms. The van der Waals surface area contributed by atoms with Crippen LogP contribution in [-0.2, 0) is 19.4 Å². The standard InChI is InChI=1S/C11H21N3/c1-4-7-10-13-9(6-3)11(12)14(10)8-5-2/h4-8,12H2,1-3H3. The fourth-order valence-electron chi connectivity index (χ4n) is 1.72. The summed E-state index contributed by atoms with van der Waals surface area (Å²) in [5, 5.41) is 0. The molecule has 0 aliphatic carbocycles. The molecule has 0 saturated carbocycles. The topological polar surface area (TPSA) is 43.8 Å². The van der Waals surface area contributed by atoms with Crippen molar-refractivity contribution in [3.63, 3.8) is 0 Å². The lowest BCUT2D eigenvalue weighted by atomic mass is 10.3. The Bertz CT molecular complexity index is 289. The highest BCUT2D eigenvalue weighted by molar-refractivity contribution is 5.38. The predicted octanol–water partition coefficient (Wildman–Crippen LogP) is 2.39. The lowest BCUT2D eigenvalue weighted by Crippen LogP contribution is -2.07. The molecule has 1 heterocycles. The first-order chi connectivity index (χ1) is 6.74. The number of rotatable bonds is 5. The molecule has 1 rings (SSSR count). The minimum atomic E-state index is 0.873. The Morgan fingerprint density at radius 1 is 1.21 bits per heavy atom. The van der Waals surface area contributed by atoms with Crippen molar-refractivity contribution >= 4 is 5.82 Å². The number of anilines is 1. The molecule has 0 radical (unpaired) electrons. The number of hydrogen-bond donors (Lipinski definition) is 1. The first-order valence-electron chi connectivity index (χ1n) is 5.58. The zero-order chi connectivity index (χ0) is 10.6. The molecule has 0 aromatic carbocycles. The van der Waals surface area contributed by atoms with Gasteiger partial charge in [-0.05, 0) is 19.3 Å². The van der Waals surface area contributed by atoms with Gasteiger partial charge in [0.25, 0.3) is 0 Å². The molecule has 0 bridgehead atoms. The normalized spacial score (nSPS) is 10.8. The molecule has 0 aliphatic heterocycles. The van der Waals surface area contributed by atoms with Crippen LogP contribution >= 0.6 is 0 Å². The Kier molecular flexibility index (Phi) is 3.98. The van der Waals surface area contributed by atoms with E-state index >= 15 is 0 Å². The van der Waals surface area contributed by atoms with E-state index in [1.54, 1.807) is 0 Å². The lowest BCUT2D eigenvalue weighted by Gasteiger charge is -2.07. The Balaban J connectivity index is 3.00. The SMILES string of the molecule is CCCc1nc(CC)c(N)n1CCC. The minimum absolute atomic E-state index is 0.873. The van der Waals surface area contributed by atoms with E-state index in [2.05, 4.69) is 30.3 Å². The summed E-state index contributed by atoms with van der Waals surface area (Å²) in [7, 11) is 0. The van der Waals surface area contributed by atoms with Gasteiger partial charge in [0, 0.05) is 13.0 Å². The molecule has 0 fully saturated rings. The van der Waals surface area contributed by atoms with Crippen LogP contribution in [-0.4, -0.2) is 9.55 Å². The molecule has 0 saturated heterocycles. The van der Waals surface area contributed by atoms with Crippen molar-refractivity contribution in [1.29, 1.82) is 0 Å². The van der Waals surface area contributed by atoms with Crippen molar-refractivity contribution in [1.82, 2.24) is 9.55 Å². The summed E-state index contributed by atoms with van der Waals surface area (Å²) >= 11 is 0. The zero-order valence-electron chi connectivity index (χ0n) is 9.51. The maximum atomic E-state index is 6.03. The molecule has 1 aromatic heterocycles. The number of nitrogens with zero attached hydrogens (tertiary/aromatic N) is 2. The number of aromatic nitrogens is 2. The summed E-state index contributed by atoms with van der Waals surface area (Å²) in [6.07, 6.45) is 4.20. The second-order valence-electron chi connectivity index (χ2n) is 3.62. The molecule has 0 spiro atoms. The molecule has 3 nitrogen and oxygen atoms in total. The van der Waals surface area contributed by atoms with Crippen LogP contribution in [0.2, 0.25) is 0 Å². The Hall–Kier alpha value is -0.990. The van der Waals surface area contributed by atoms with Gasteiger partial charge >= 0.3 is 0 Å². The van der Waals surface area contributed by atoms with E-state index in [9.17, 15) is 0 Å². The van der Waals surface area contributed by atoms with Crippen LogP contribution in [0.1, 0.15) is 45.1 Å². The van der Waals surface area contributed by atoms with E-state index in [0.717, 1.165) is 49.6 Å². The summed E-state index contributed by atoms with van der Waals surface area (Å²) < 4.78 is 2.17. The molecule has 2 N–H and O–H groups in total. The molecule has 0 amide bonds. The fourth-order valence-corrected chi connectivity index (χ4v) is 1.72. The zero-order valence-corrected chi connectivity index (χ0v) is 9.51. The highest BCUT2D eigenvalue weighted by Gasteiger charge is 2.11.